The molecule has 0 saturated carbocycles. The van der Waals surface area contributed by atoms with Crippen LogP contribution in [0.25, 0.3) is 22.4 Å². The van der Waals surface area contributed by atoms with Crippen molar-refractivity contribution in [2.24, 2.45) is 11.8 Å². The third-order valence-electron chi connectivity index (χ3n) is 6.79. The van der Waals surface area contributed by atoms with Gasteiger partial charge in [0.25, 0.3) is 5.71 Å². The lowest BCUT2D eigenvalue weighted by molar-refractivity contribution is -0.152. The maximum atomic E-state index is 13.5. The minimum atomic E-state index is -0.335. The van der Waals surface area contributed by atoms with E-state index >= 15 is 0 Å². The van der Waals surface area contributed by atoms with Crippen molar-refractivity contribution in [3.8, 4) is 11.3 Å². The first-order valence-electron chi connectivity index (χ1n) is 12.1. The lowest BCUT2D eigenvalue weighted by Crippen LogP contribution is -2.49. The number of anilines is 1. The Morgan fingerprint density at radius 1 is 1.09 bits per heavy atom. The Kier molecular flexibility index (Phi) is 6.61. The summed E-state index contributed by atoms with van der Waals surface area (Å²) in [4.78, 5) is 38.3. The summed E-state index contributed by atoms with van der Waals surface area (Å²) in [5.41, 5.74) is 1.58. The molecule has 10 heteroatoms. The molecule has 0 unspecified atom stereocenters. The molecule has 2 atom stereocenters. The standard InChI is InChI=1S/C25H28FN5O4/c1-2-34-25(33)18-6-4-12-31(14-18)24(32)17-5-3-11-30(13-17)22-20-21(16-7-9-19(26)10-8-16)29-35-23(20)28-15-27-22/h7-10,15,17-18H,2-6,11-14H2,1H3/t17-,18+/m1/s1. The van der Waals surface area contributed by atoms with E-state index in [1.54, 1.807) is 19.1 Å². The third kappa shape index (κ3) is 4.69. The number of carbonyl (C=O) groups is 2. The smallest absolute Gasteiger partial charge is 0.310 e. The van der Waals surface area contributed by atoms with Crippen LogP contribution in [-0.2, 0) is 14.3 Å². The van der Waals surface area contributed by atoms with Crippen LogP contribution in [0.2, 0.25) is 0 Å². The maximum Gasteiger partial charge on any atom is 0.310 e. The molecule has 2 fully saturated rings. The van der Waals surface area contributed by atoms with Gasteiger partial charge >= 0.3 is 5.97 Å². The number of nitrogens with zero attached hydrogens (tertiary/aromatic N) is 5. The van der Waals surface area contributed by atoms with Crippen LogP contribution in [0.5, 0.6) is 0 Å². The highest BCUT2D eigenvalue weighted by Gasteiger charge is 2.35. The van der Waals surface area contributed by atoms with Crippen molar-refractivity contribution in [3.63, 3.8) is 0 Å². The minimum Gasteiger partial charge on any atom is -0.466 e. The lowest BCUT2D eigenvalue weighted by atomic mass is 9.93. The quantitative estimate of drug-likeness (QED) is 0.511. The molecule has 2 saturated heterocycles. The summed E-state index contributed by atoms with van der Waals surface area (Å²) >= 11 is 0. The molecule has 0 bridgehead atoms. The molecule has 2 aromatic heterocycles. The predicted octanol–water partition coefficient (Wildman–Crippen LogP) is 3.44. The second-order valence-electron chi connectivity index (χ2n) is 9.08. The van der Waals surface area contributed by atoms with Crippen LogP contribution < -0.4 is 4.90 Å². The molecule has 2 aliphatic heterocycles. The molecule has 3 aromatic rings. The van der Waals surface area contributed by atoms with Crippen molar-refractivity contribution in [1.29, 1.82) is 0 Å². The summed E-state index contributed by atoms with van der Waals surface area (Å²) in [5.74, 6) is -0.306. The van der Waals surface area contributed by atoms with Crippen LogP contribution in [0.15, 0.2) is 35.1 Å². The van der Waals surface area contributed by atoms with E-state index in [0.717, 1.165) is 32.2 Å². The van der Waals surface area contributed by atoms with Crippen molar-refractivity contribution >= 4 is 28.8 Å². The normalized spacial score (nSPS) is 20.7. The van der Waals surface area contributed by atoms with Gasteiger partial charge in [0, 0.05) is 31.7 Å². The predicted molar refractivity (Wildman–Crippen MR) is 126 cm³/mol. The number of carbonyl (C=O) groups excluding carboxylic acids is 2. The molecule has 0 spiro atoms. The highest BCUT2D eigenvalue weighted by atomic mass is 19.1. The van der Waals surface area contributed by atoms with Gasteiger partial charge < -0.3 is 19.1 Å². The fourth-order valence-electron chi connectivity index (χ4n) is 5.08. The zero-order valence-electron chi connectivity index (χ0n) is 19.7. The number of amides is 1. The molecule has 9 nitrogen and oxygen atoms in total. The van der Waals surface area contributed by atoms with E-state index in [1.807, 2.05) is 4.90 Å². The molecule has 0 N–H and O–H groups in total. The fraction of sp³-hybridized carbons (Fsp3) is 0.480. The Hall–Kier alpha value is -3.56. The number of halogens is 1. The zero-order chi connectivity index (χ0) is 24.4. The Bertz CT molecular complexity index is 1210. The fourth-order valence-corrected chi connectivity index (χ4v) is 5.08. The van der Waals surface area contributed by atoms with E-state index in [-0.39, 0.29) is 29.5 Å². The van der Waals surface area contributed by atoms with E-state index in [1.165, 1.54) is 18.5 Å². The van der Waals surface area contributed by atoms with E-state index in [9.17, 15) is 14.0 Å². The number of ether oxygens (including phenoxy) is 1. The molecular weight excluding hydrogens is 453 g/mol. The molecule has 35 heavy (non-hydrogen) atoms. The van der Waals surface area contributed by atoms with Gasteiger partial charge in [-0.25, -0.2) is 9.37 Å². The number of likely N-dealkylation sites (tertiary alicyclic amines) is 1. The van der Waals surface area contributed by atoms with Crippen molar-refractivity contribution in [3.05, 3.63) is 36.4 Å². The van der Waals surface area contributed by atoms with E-state index < -0.39 is 0 Å². The molecular formula is C25H28FN5O4. The number of hydrogen-bond acceptors (Lipinski definition) is 8. The van der Waals surface area contributed by atoms with Crippen molar-refractivity contribution in [2.75, 3.05) is 37.7 Å². The number of benzene rings is 1. The minimum absolute atomic E-state index is 0.0677. The highest BCUT2D eigenvalue weighted by Crippen LogP contribution is 2.35. The number of rotatable bonds is 5. The first kappa shape index (κ1) is 23.2. The van der Waals surface area contributed by atoms with Gasteiger partial charge in [0.05, 0.1) is 18.4 Å². The maximum absolute atomic E-state index is 13.5. The average molecular weight is 482 g/mol. The molecule has 184 valence electrons. The Morgan fingerprint density at radius 2 is 1.86 bits per heavy atom. The van der Waals surface area contributed by atoms with Gasteiger partial charge in [0.15, 0.2) is 0 Å². The monoisotopic (exact) mass is 481 g/mol. The highest BCUT2D eigenvalue weighted by molar-refractivity contribution is 5.98. The topological polar surface area (TPSA) is 102 Å². The molecule has 2 aliphatic rings. The van der Waals surface area contributed by atoms with Gasteiger partial charge in [-0.15, -0.1) is 0 Å². The van der Waals surface area contributed by atoms with Gasteiger partial charge in [-0.2, -0.15) is 4.98 Å². The summed E-state index contributed by atoms with van der Waals surface area (Å²) in [6.07, 6.45) is 4.57. The van der Waals surface area contributed by atoms with Crippen LogP contribution in [0.3, 0.4) is 0 Å². The first-order chi connectivity index (χ1) is 17.0. The summed E-state index contributed by atoms with van der Waals surface area (Å²) in [6, 6.07) is 6.03. The Morgan fingerprint density at radius 3 is 2.66 bits per heavy atom. The van der Waals surface area contributed by atoms with Crippen LogP contribution in [-0.4, -0.2) is 64.7 Å². The van der Waals surface area contributed by atoms with E-state index in [2.05, 4.69) is 20.0 Å². The Balaban J connectivity index is 1.37. The van der Waals surface area contributed by atoms with Crippen molar-refractivity contribution in [2.45, 2.75) is 32.6 Å². The van der Waals surface area contributed by atoms with E-state index in [4.69, 9.17) is 9.26 Å². The van der Waals surface area contributed by atoms with Crippen molar-refractivity contribution in [1.82, 2.24) is 20.0 Å². The zero-order valence-corrected chi connectivity index (χ0v) is 19.7. The number of aromatic nitrogens is 3. The molecule has 5 rings (SSSR count). The van der Waals surface area contributed by atoms with Gasteiger partial charge in [-0.3, -0.25) is 9.59 Å². The van der Waals surface area contributed by atoms with Gasteiger partial charge in [0.1, 0.15) is 29.0 Å². The number of esters is 1. The SMILES string of the molecule is CCOC(=O)[C@H]1CCCN(C(=O)[C@@H]2CCCN(c3ncnc4onc(-c5ccc(F)cc5)c34)C2)C1. The average Bonchev–Trinajstić information content (AvgIpc) is 3.33. The summed E-state index contributed by atoms with van der Waals surface area (Å²) < 4.78 is 24.1. The molecule has 0 aliphatic carbocycles. The van der Waals surface area contributed by atoms with Crippen molar-refractivity contribution < 1.29 is 23.2 Å². The van der Waals surface area contributed by atoms with Gasteiger partial charge in [0.2, 0.25) is 5.91 Å². The molecule has 4 heterocycles. The van der Waals surface area contributed by atoms with E-state index in [0.29, 0.717) is 54.4 Å². The first-order valence-corrected chi connectivity index (χ1v) is 12.1. The van der Waals surface area contributed by atoms with Gasteiger partial charge in [-0.1, -0.05) is 5.16 Å². The second kappa shape index (κ2) is 9.97. The lowest BCUT2D eigenvalue weighted by Gasteiger charge is -2.38. The number of hydrogen-bond donors (Lipinski definition) is 0. The number of piperidine rings is 2. The summed E-state index contributed by atoms with van der Waals surface area (Å²) in [5, 5.41) is 4.82. The summed E-state index contributed by atoms with van der Waals surface area (Å²) in [7, 11) is 0. The second-order valence-corrected chi connectivity index (χ2v) is 9.08. The number of fused-ring (bicyclic) bond motifs is 1. The molecule has 1 aromatic carbocycles. The molecule has 1 amide bonds. The van der Waals surface area contributed by atoms with Crippen LogP contribution >= 0.6 is 0 Å². The molecule has 0 radical (unpaired) electrons. The van der Waals surface area contributed by atoms with Gasteiger partial charge in [-0.05, 0) is 56.9 Å². The van der Waals surface area contributed by atoms with Crippen LogP contribution in [0, 0.1) is 17.7 Å². The largest absolute Gasteiger partial charge is 0.466 e. The Labute approximate surface area is 202 Å². The van der Waals surface area contributed by atoms with Crippen LogP contribution in [0.4, 0.5) is 10.2 Å². The van der Waals surface area contributed by atoms with Crippen LogP contribution in [0.1, 0.15) is 32.6 Å². The third-order valence-corrected chi connectivity index (χ3v) is 6.79. The summed E-state index contributed by atoms with van der Waals surface area (Å²) in [6.45, 7) is 4.43.